The minimum atomic E-state index is 0.163. The monoisotopic (exact) mass is 194 g/mol. The van der Waals surface area contributed by atoms with Crippen molar-refractivity contribution >= 4 is 22.6 Å². The Bertz CT molecular complexity index is 606. The largest absolute Gasteiger partial charge is 0.289 e. The normalized spacial score (nSPS) is 14.2. The van der Waals surface area contributed by atoms with Gasteiger partial charge >= 0.3 is 0 Å². The van der Waals surface area contributed by atoms with Gasteiger partial charge in [-0.1, -0.05) is 24.3 Å². The van der Waals surface area contributed by atoms with Crippen LogP contribution in [0.1, 0.15) is 22.8 Å². The second-order valence-electron chi connectivity index (χ2n) is 3.94. The molecular weight excluding hydrogens is 184 g/mol. The smallest absolute Gasteiger partial charge is 0.189 e. The van der Waals surface area contributed by atoms with E-state index in [1.54, 1.807) is 0 Å². The van der Waals surface area contributed by atoms with Crippen molar-refractivity contribution in [1.29, 1.82) is 0 Å². The van der Waals surface area contributed by atoms with Crippen molar-refractivity contribution in [2.45, 2.75) is 6.92 Å². The van der Waals surface area contributed by atoms with E-state index in [1.807, 2.05) is 37.3 Å². The molecule has 0 saturated heterocycles. The van der Waals surface area contributed by atoms with E-state index in [9.17, 15) is 4.79 Å². The van der Waals surface area contributed by atoms with Gasteiger partial charge in [0.05, 0.1) is 0 Å². The first-order valence-electron chi connectivity index (χ1n) is 5.01. The molecule has 0 radical (unpaired) electrons. The Balaban J connectivity index is 2.38. The van der Waals surface area contributed by atoms with Gasteiger partial charge in [0.25, 0.3) is 0 Å². The number of hydrogen-bond acceptors (Lipinski definition) is 1. The first-order chi connectivity index (χ1) is 7.25. The van der Waals surface area contributed by atoms with E-state index in [4.69, 9.17) is 0 Å². The number of ketones is 1. The van der Waals surface area contributed by atoms with Crippen LogP contribution >= 0.6 is 0 Å². The summed E-state index contributed by atoms with van der Waals surface area (Å²) < 4.78 is 0. The van der Waals surface area contributed by atoms with Gasteiger partial charge in [0, 0.05) is 5.56 Å². The summed E-state index contributed by atoms with van der Waals surface area (Å²) in [5.74, 6) is 0.163. The van der Waals surface area contributed by atoms with Gasteiger partial charge in [0.15, 0.2) is 5.78 Å². The number of rotatable bonds is 0. The summed E-state index contributed by atoms with van der Waals surface area (Å²) in [6, 6.07) is 12.2. The number of carbonyl (C=O) groups excluding carboxylic acids is 1. The first-order valence-corrected chi connectivity index (χ1v) is 5.01. The van der Waals surface area contributed by atoms with E-state index in [0.717, 1.165) is 22.1 Å². The quantitative estimate of drug-likeness (QED) is 0.627. The second kappa shape index (κ2) is 2.80. The number of carbonyl (C=O) groups is 1. The third-order valence-corrected chi connectivity index (χ3v) is 2.89. The molecule has 3 rings (SSSR count). The summed E-state index contributed by atoms with van der Waals surface area (Å²) in [5, 5.41) is 2.32. The Morgan fingerprint density at radius 2 is 1.67 bits per heavy atom. The van der Waals surface area contributed by atoms with Crippen molar-refractivity contribution in [2.75, 3.05) is 0 Å². The molecule has 1 aliphatic rings. The molecule has 0 aliphatic heterocycles. The molecular formula is C14H10O. The van der Waals surface area contributed by atoms with Crippen LogP contribution in [0, 0.1) is 0 Å². The van der Waals surface area contributed by atoms with Crippen molar-refractivity contribution in [3.05, 3.63) is 53.1 Å². The van der Waals surface area contributed by atoms with E-state index in [-0.39, 0.29) is 5.78 Å². The van der Waals surface area contributed by atoms with E-state index in [1.165, 1.54) is 5.39 Å². The molecule has 0 unspecified atom stereocenters. The Morgan fingerprint density at radius 1 is 1.00 bits per heavy atom. The number of hydrogen-bond donors (Lipinski definition) is 0. The molecule has 0 fully saturated rings. The molecule has 0 amide bonds. The van der Waals surface area contributed by atoms with Crippen molar-refractivity contribution in [3.63, 3.8) is 0 Å². The highest BCUT2D eigenvalue weighted by Crippen LogP contribution is 2.28. The fraction of sp³-hybridized carbons (Fsp3) is 0.0714. The van der Waals surface area contributed by atoms with Gasteiger partial charge in [-0.05, 0) is 47.0 Å². The molecule has 1 nitrogen and oxygen atoms in total. The SMILES string of the molecule is CC1=Cc2cc3ccccc3cc2C1=O. The molecule has 1 heteroatoms. The van der Waals surface area contributed by atoms with Crippen LogP contribution in [0.15, 0.2) is 42.0 Å². The van der Waals surface area contributed by atoms with E-state index < -0.39 is 0 Å². The van der Waals surface area contributed by atoms with Gasteiger partial charge in [0.1, 0.15) is 0 Å². The van der Waals surface area contributed by atoms with Crippen LogP contribution in [-0.2, 0) is 0 Å². The molecule has 72 valence electrons. The lowest BCUT2D eigenvalue weighted by molar-refractivity contribution is 0.103. The highest BCUT2D eigenvalue weighted by molar-refractivity contribution is 6.19. The summed E-state index contributed by atoms with van der Waals surface area (Å²) in [7, 11) is 0. The predicted molar refractivity (Wildman–Crippen MR) is 61.9 cm³/mol. The maximum atomic E-state index is 11.8. The van der Waals surface area contributed by atoms with E-state index >= 15 is 0 Å². The first kappa shape index (κ1) is 8.42. The molecule has 0 saturated carbocycles. The molecule has 0 bridgehead atoms. The van der Waals surface area contributed by atoms with Gasteiger partial charge in [-0.25, -0.2) is 0 Å². The van der Waals surface area contributed by atoms with Gasteiger partial charge in [-0.15, -0.1) is 0 Å². The fourth-order valence-electron chi connectivity index (χ4n) is 2.09. The Labute approximate surface area is 88.0 Å². The van der Waals surface area contributed by atoms with Gasteiger partial charge in [-0.3, -0.25) is 4.79 Å². The van der Waals surface area contributed by atoms with Crippen molar-refractivity contribution < 1.29 is 4.79 Å². The van der Waals surface area contributed by atoms with Gasteiger partial charge in [0.2, 0.25) is 0 Å². The zero-order valence-corrected chi connectivity index (χ0v) is 8.45. The second-order valence-corrected chi connectivity index (χ2v) is 3.94. The third kappa shape index (κ3) is 1.13. The fourth-order valence-corrected chi connectivity index (χ4v) is 2.09. The molecule has 15 heavy (non-hydrogen) atoms. The Morgan fingerprint density at radius 3 is 2.40 bits per heavy atom. The van der Waals surface area contributed by atoms with Crippen LogP contribution in [-0.4, -0.2) is 5.78 Å². The minimum absolute atomic E-state index is 0.163. The van der Waals surface area contributed by atoms with Crippen LogP contribution < -0.4 is 0 Å². The van der Waals surface area contributed by atoms with Crippen LogP contribution in [0.5, 0.6) is 0 Å². The van der Waals surface area contributed by atoms with Crippen molar-refractivity contribution in [2.24, 2.45) is 0 Å². The lowest BCUT2D eigenvalue weighted by atomic mass is 10.0. The average Bonchev–Trinajstić information content (AvgIpc) is 2.52. The molecule has 0 aromatic heterocycles. The van der Waals surface area contributed by atoms with Crippen LogP contribution in [0.2, 0.25) is 0 Å². The van der Waals surface area contributed by atoms with Crippen LogP contribution in [0.3, 0.4) is 0 Å². The van der Waals surface area contributed by atoms with E-state index in [2.05, 4.69) is 12.1 Å². The summed E-state index contributed by atoms with van der Waals surface area (Å²) in [6.07, 6.45) is 1.96. The summed E-state index contributed by atoms with van der Waals surface area (Å²) in [4.78, 5) is 11.8. The van der Waals surface area contributed by atoms with Crippen molar-refractivity contribution in [1.82, 2.24) is 0 Å². The number of fused-ring (bicyclic) bond motifs is 2. The number of benzene rings is 2. The molecule has 0 heterocycles. The zero-order chi connectivity index (χ0) is 10.4. The van der Waals surface area contributed by atoms with Gasteiger partial charge < -0.3 is 0 Å². The predicted octanol–water partition coefficient (Wildman–Crippen LogP) is 3.44. The topological polar surface area (TPSA) is 17.1 Å². The molecule has 2 aromatic rings. The summed E-state index contributed by atoms with van der Waals surface area (Å²) in [5.41, 5.74) is 2.72. The van der Waals surface area contributed by atoms with Crippen LogP contribution in [0.25, 0.3) is 16.8 Å². The molecule has 0 spiro atoms. The summed E-state index contributed by atoms with van der Waals surface area (Å²) >= 11 is 0. The highest BCUT2D eigenvalue weighted by atomic mass is 16.1. The molecule has 0 N–H and O–H groups in total. The number of Topliss-reactive ketones (excluding diaryl/α,β-unsaturated/α-hetero) is 1. The lowest BCUT2D eigenvalue weighted by Crippen LogP contribution is -1.95. The van der Waals surface area contributed by atoms with E-state index in [0.29, 0.717) is 0 Å². The van der Waals surface area contributed by atoms with Gasteiger partial charge in [-0.2, -0.15) is 0 Å². The molecule has 0 atom stereocenters. The maximum Gasteiger partial charge on any atom is 0.189 e. The Hall–Kier alpha value is -1.89. The third-order valence-electron chi connectivity index (χ3n) is 2.89. The Kier molecular flexibility index (Phi) is 1.57. The molecule has 2 aromatic carbocycles. The number of allylic oxidation sites excluding steroid dienone is 1. The molecule has 1 aliphatic carbocycles. The average molecular weight is 194 g/mol. The van der Waals surface area contributed by atoms with Crippen LogP contribution in [0.4, 0.5) is 0 Å². The van der Waals surface area contributed by atoms with Crippen molar-refractivity contribution in [3.8, 4) is 0 Å². The lowest BCUT2D eigenvalue weighted by Gasteiger charge is -2.01. The zero-order valence-electron chi connectivity index (χ0n) is 8.45. The standard InChI is InChI=1S/C14H10O/c1-9-6-12-7-10-4-2-3-5-11(10)8-13(12)14(9)15/h2-8H,1H3. The highest BCUT2D eigenvalue weighted by Gasteiger charge is 2.19. The maximum absolute atomic E-state index is 11.8. The minimum Gasteiger partial charge on any atom is -0.289 e. The summed E-state index contributed by atoms with van der Waals surface area (Å²) in [6.45, 7) is 1.87.